The molecular formula is C18H21F2N3O3. The molecule has 1 N–H and O–H groups in total. The van der Waals surface area contributed by atoms with Gasteiger partial charge in [-0.3, -0.25) is 9.69 Å². The number of methoxy groups -OCH3 is 1. The fraction of sp³-hybridized carbons (Fsp3) is 0.444. The van der Waals surface area contributed by atoms with Gasteiger partial charge in [-0.25, -0.2) is 4.98 Å². The highest BCUT2D eigenvalue weighted by Crippen LogP contribution is 2.30. The summed E-state index contributed by atoms with van der Waals surface area (Å²) >= 11 is 0. The van der Waals surface area contributed by atoms with Crippen molar-refractivity contribution in [3.63, 3.8) is 0 Å². The second-order valence-electron chi connectivity index (χ2n) is 6.22. The lowest BCUT2D eigenvalue weighted by Crippen LogP contribution is -2.26. The quantitative estimate of drug-likeness (QED) is 0.881. The molecule has 0 aliphatic carbocycles. The first-order valence-corrected chi connectivity index (χ1v) is 8.39. The van der Waals surface area contributed by atoms with Gasteiger partial charge < -0.3 is 14.5 Å². The standard InChI is InChI=1S/C18H21F2N3O3/c1-11-21-14-6-8-23(7-5-13(14)17(24)22-11)10-12-3-4-15(26-18(19)20)16(9-12)25-2/h3-4,9,18H,5-8,10H2,1-2H3,(H,21,22,24). The summed E-state index contributed by atoms with van der Waals surface area (Å²) in [6.07, 6.45) is 1.32. The number of aryl methyl sites for hydroxylation is 1. The molecule has 0 radical (unpaired) electrons. The van der Waals surface area contributed by atoms with E-state index in [-0.39, 0.29) is 17.1 Å². The number of fused-ring (bicyclic) bond motifs is 1. The molecule has 0 amide bonds. The molecule has 0 unspecified atom stereocenters. The van der Waals surface area contributed by atoms with E-state index < -0.39 is 6.61 Å². The number of aromatic amines is 1. The summed E-state index contributed by atoms with van der Waals surface area (Å²) in [6, 6.07) is 4.93. The van der Waals surface area contributed by atoms with Crippen LogP contribution in [0.3, 0.4) is 0 Å². The molecule has 0 atom stereocenters. The largest absolute Gasteiger partial charge is 0.493 e. The van der Waals surface area contributed by atoms with Crippen molar-refractivity contribution in [3.05, 3.63) is 51.2 Å². The molecular weight excluding hydrogens is 344 g/mol. The van der Waals surface area contributed by atoms with E-state index >= 15 is 0 Å². The van der Waals surface area contributed by atoms with Crippen molar-refractivity contribution in [1.82, 2.24) is 14.9 Å². The molecule has 0 spiro atoms. The molecule has 2 aromatic rings. The third-order valence-corrected chi connectivity index (χ3v) is 4.41. The zero-order valence-corrected chi connectivity index (χ0v) is 14.7. The third kappa shape index (κ3) is 4.19. The molecule has 0 fully saturated rings. The molecule has 8 heteroatoms. The molecule has 0 saturated heterocycles. The van der Waals surface area contributed by atoms with Crippen LogP contribution in [0.5, 0.6) is 11.5 Å². The van der Waals surface area contributed by atoms with Crippen molar-refractivity contribution in [2.24, 2.45) is 0 Å². The number of rotatable bonds is 5. The second kappa shape index (κ2) is 7.82. The van der Waals surface area contributed by atoms with E-state index in [2.05, 4.69) is 19.6 Å². The molecule has 1 aliphatic rings. The predicted molar refractivity (Wildman–Crippen MR) is 91.9 cm³/mol. The topological polar surface area (TPSA) is 67.5 Å². The van der Waals surface area contributed by atoms with Crippen molar-refractivity contribution in [2.75, 3.05) is 20.2 Å². The Labute approximate surface area is 149 Å². The van der Waals surface area contributed by atoms with Crippen molar-refractivity contribution in [3.8, 4) is 11.5 Å². The fourth-order valence-corrected chi connectivity index (χ4v) is 3.20. The normalized spacial score (nSPS) is 14.8. The number of halogens is 2. The zero-order valence-electron chi connectivity index (χ0n) is 14.7. The number of nitrogens with zero attached hydrogens (tertiary/aromatic N) is 2. The summed E-state index contributed by atoms with van der Waals surface area (Å²) < 4.78 is 34.4. The lowest BCUT2D eigenvalue weighted by Gasteiger charge is -2.20. The summed E-state index contributed by atoms with van der Waals surface area (Å²) in [5, 5.41) is 0. The van der Waals surface area contributed by atoms with Gasteiger partial charge in [0, 0.05) is 31.6 Å². The number of hydrogen-bond acceptors (Lipinski definition) is 5. The summed E-state index contributed by atoms with van der Waals surface area (Å²) in [4.78, 5) is 21.5. The summed E-state index contributed by atoms with van der Waals surface area (Å²) in [7, 11) is 1.42. The minimum atomic E-state index is -2.90. The van der Waals surface area contributed by atoms with E-state index in [9.17, 15) is 13.6 Å². The summed E-state index contributed by atoms with van der Waals surface area (Å²) in [5.74, 6) is 0.914. The van der Waals surface area contributed by atoms with Crippen LogP contribution in [0.1, 0.15) is 22.6 Å². The van der Waals surface area contributed by atoms with Gasteiger partial charge in [-0.1, -0.05) is 6.07 Å². The number of benzene rings is 1. The zero-order chi connectivity index (χ0) is 18.7. The van der Waals surface area contributed by atoms with Gasteiger partial charge in [0.15, 0.2) is 11.5 Å². The van der Waals surface area contributed by atoms with Crippen molar-refractivity contribution >= 4 is 0 Å². The van der Waals surface area contributed by atoms with Crippen LogP contribution in [0.15, 0.2) is 23.0 Å². The van der Waals surface area contributed by atoms with Gasteiger partial charge in [0.2, 0.25) is 0 Å². The molecule has 26 heavy (non-hydrogen) atoms. The Hall–Kier alpha value is -2.48. The van der Waals surface area contributed by atoms with Crippen molar-refractivity contribution in [2.45, 2.75) is 32.9 Å². The number of H-pyrrole nitrogens is 1. The van der Waals surface area contributed by atoms with Crippen LogP contribution in [-0.2, 0) is 19.4 Å². The number of aromatic nitrogens is 2. The van der Waals surface area contributed by atoms with Gasteiger partial charge in [0.25, 0.3) is 5.56 Å². The first-order chi connectivity index (χ1) is 12.5. The third-order valence-electron chi connectivity index (χ3n) is 4.41. The highest BCUT2D eigenvalue weighted by atomic mass is 19.3. The van der Waals surface area contributed by atoms with E-state index in [0.29, 0.717) is 25.2 Å². The van der Waals surface area contributed by atoms with Crippen LogP contribution in [0.2, 0.25) is 0 Å². The summed E-state index contributed by atoms with van der Waals surface area (Å²) in [5.41, 5.74) is 2.46. The van der Waals surface area contributed by atoms with Gasteiger partial charge in [-0.15, -0.1) is 0 Å². The maximum Gasteiger partial charge on any atom is 0.387 e. The van der Waals surface area contributed by atoms with E-state index in [1.54, 1.807) is 19.1 Å². The molecule has 0 bridgehead atoms. The fourth-order valence-electron chi connectivity index (χ4n) is 3.20. The van der Waals surface area contributed by atoms with E-state index in [1.165, 1.54) is 13.2 Å². The smallest absolute Gasteiger partial charge is 0.387 e. The van der Waals surface area contributed by atoms with Crippen LogP contribution in [0, 0.1) is 6.92 Å². The minimum Gasteiger partial charge on any atom is -0.493 e. The first kappa shape index (κ1) is 18.3. The molecule has 1 aromatic heterocycles. The Morgan fingerprint density at radius 3 is 2.77 bits per heavy atom. The molecule has 1 aliphatic heterocycles. The van der Waals surface area contributed by atoms with Gasteiger partial charge in [-0.2, -0.15) is 8.78 Å². The number of hydrogen-bond donors (Lipinski definition) is 1. The first-order valence-electron chi connectivity index (χ1n) is 8.39. The Bertz CT molecular complexity index is 839. The monoisotopic (exact) mass is 365 g/mol. The van der Waals surface area contributed by atoms with Crippen LogP contribution in [0.4, 0.5) is 8.78 Å². The van der Waals surface area contributed by atoms with E-state index in [0.717, 1.165) is 29.9 Å². The van der Waals surface area contributed by atoms with Crippen LogP contribution in [0.25, 0.3) is 0 Å². The van der Waals surface area contributed by atoms with Crippen molar-refractivity contribution in [1.29, 1.82) is 0 Å². The Balaban J connectivity index is 1.72. The Morgan fingerprint density at radius 2 is 2.04 bits per heavy atom. The van der Waals surface area contributed by atoms with Crippen molar-refractivity contribution < 1.29 is 18.3 Å². The van der Waals surface area contributed by atoms with Gasteiger partial charge in [0.1, 0.15) is 5.82 Å². The van der Waals surface area contributed by atoms with Gasteiger partial charge in [-0.05, 0) is 31.0 Å². The van der Waals surface area contributed by atoms with Gasteiger partial charge >= 0.3 is 6.61 Å². The highest BCUT2D eigenvalue weighted by molar-refractivity contribution is 5.43. The Morgan fingerprint density at radius 1 is 1.27 bits per heavy atom. The van der Waals surface area contributed by atoms with E-state index in [1.807, 2.05) is 0 Å². The number of ether oxygens (including phenoxy) is 2. The van der Waals surface area contributed by atoms with E-state index in [4.69, 9.17) is 4.74 Å². The predicted octanol–water partition coefficient (Wildman–Crippen LogP) is 2.29. The Kier molecular flexibility index (Phi) is 5.51. The molecule has 6 nitrogen and oxygen atoms in total. The van der Waals surface area contributed by atoms with Gasteiger partial charge in [0.05, 0.1) is 12.8 Å². The molecule has 3 rings (SSSR count). The highest BCUT2D eigenvalue weighted by Gasteiger charge is 2.19. The minimum absolute atomic E-state index is 0.0146. The average molecular weight is 365 g/mol. The molecule has 2 heterocycles. The lowest BCUT2D eigenvalue weighted by atomic mass is 10.1. The lowest BCUT2D eigenvalue weighted by molar-refractivity contribution is -0.0512. The second-order valence-corrected chi connectivity index (χ2v) is 6.22. The van der Waals surface area contributed by atoms with Crippen LogP contribution in [-0.4, -0.2) is 41.7 Å². The number of nitrogens with one attached hydrogen (secondary N) is 1. The van der Waals surface area contributed by atoms with Crippen LogP contribution < -0.4 is 15.0 Å². The molecule has 140 valence electrons. The van der Waals surface area contributed by atoms with Crippen LogP contribution >= 0.6 is 0 Å². The SMILES string of the molecule is COc1cc(CN2CCc3nc(C)[nH]c(=O)c3CC2)ccc1OC(F)F. The maximum atomic E-state index is 12.4. The number of alkyl halides is 2. The molecule has 1 aromatic carbocycles. The summed E-state index contributed by atoms with van der Waals surface area (Å²) in [6.45, 7) is 0.988. The average Bonchev–Trinajstić information content (AvgIpc) is 2.78. The maximum absolute atomic E-state index is 12.4. The molecule has 0 saturated carbocycles.